The van der Waals surface area contributed by atoms with Crippen molar-refractivity contribution in [3.8, 4) is 17.2 Å². The fraction of sp³-hybridized carbons (Fsp3) is 0.398. The first kappa shape index (κ1) is 88.8. The number of aromatic nitrogens is 2. The molecule has 34 heteroatoms. The van der Waals surface area contributed by atoms with Crippen LogP contribution in [-0.4, -0.2) is 261 Å². The van der Waals surface area contributed by atoms with Gasteiger partial charge in [-0.05, 0) is 135 Å². The van der Waals surface area contributed by atoms with Gasteiger partial charge in [0.05, 0.1) is 50.4 Å². The van der Waals surface area contributed by atoms with Gasteiger partial charge >= 0.3 is 30.5 Å². The lowest BCUT2D eigenvalue weighted by Gasteiger charge is -2.28. The van der Waals surface area contributed by atoms with Gasteiger partial charge in [0.25, 0.3) is 23.6 Å². The van der Waals surface area contributed by atoms with Crippen molar-refractivity contribution >= 4 is 111 Å². The first-order valence-corrected chi connectivity index (χ1v) is 38.6. The Morgan fingerprint density at radius 3 is 1.86 bits per heavy atom. The monoisotopic (exact) mass is 1630 g/mol. The zero-order valence-electron chi connectivity index (χ0n) is 66.7. The number of likely N-dealkylation sites (N-methyl/N-ethyl adjacent to an activating group) is 3. The number of amides is 10. The summed E-state index contributed by atoms with van der Waals surface area (Å²) in [5.41, 5.74) is 4.80. The van der Waals surface area contributed by atoms with Gasteiger partial charge < -0.3 is 92.6 Å². The third-order valence-electron chi connectivity index (χ3n) is 18.9. The maximum absolute atomic E-state index is 14.7. The predicted octanol–water partition coefficient (Wildman–Crippen LogP) is 10.00. The van der Waals surface area contributed by atoms with E-state index in [1.807, 2.05) is 32.9 Å². The number of rotatable bonds is 36. The molecule has 2 aromatic heterocycles. The van der Waals surface area contributed by atoms with Crippen molar-refractivity contribution in [3.63, 3.8) is 0 Å². The highest BCUT2D eigenvalue weighted by Gasteiger charge is 2.38. The number of carbonyl (C=O) groups is 11. The Bertz CT molecular complexity index is 4660. The Morgan fingerprint density at radius 2 is 1.27 bits per heavy atom. The van der Waals surface area contributed by atoms with E-state index < -0.39 is 72.1 Å². The van der Waals surface area contributed by atoms with Crippen LogP contribution in [0, 0.1) is 12.8 Å². The van der Waals surface area contributed by atoms with Crippen molar-refractivity contribution in [3.05, 3.63) is 180 Å². The molecule has 0 unspecified atom stereocenters. The second kappa shape index (κ2) is 43.5. The van der Waals surface area contributed by atoms with E-state index in [9.17, 15) is 57.8 Å². The van der Waals surface area contributed by atoms with E-state index in [0.29, 0.717) is 44.8 Å². The number of aryl methyl sites for hydroxylation is 1. The number of aromatic hydroxyl groups is 1. The molecule has 3 aliphatic rings. The normalized spacial score (nSPS) is 13.9. The second-order valence-corrected chi connectivity index (χ2v) is 28.5. The number of phenolic OH excluding ortho intramolecular Hbond substituents is 1. The van der Waals surface area contributed by atoms with Gasteiger partial charge in [0.1, 0.15) is 61.1 Å². The van der Waals surface area contributed by atoms with Crippen molar-refractivity contribution in [1.29, 1.82) is 0 Å². The average Bonchev–Trinajstić information content (AvgIpc) is 1.60. The number of alkyl halides is 1. The Kier molecular flexibility index (Phi) is 33.0. The maximum Gasteiger partial charge on any atom is 0.508 e. The predicted molar refractivity (Wildman–Crippen MR) is 432 cm³/mol. The quantitative estimate of drug-likeness (QED) is 0.00708. The largest absolute Gasteiger partial charge is 0.508 e. The molecular formula is C83H99ClN12O21. The third kappa shape index (κ3) is 25.4. The zero-order chi connectivity index (χ0) is 84.2. The summed E-state index contributed by atoms with van der Waals surface area (Å²) < 4.78 is 51.1. The highest BCUT2D eigenvalue weighted by molar-refractivity contribution is 6.19. The smallest absolute Gasteiger partial charge is 0.508 e. The molecule has 7 aromatic rings. The number of fused-ring (bicyclic) bond motifs is 4. The van der Waals surface area contributed by atoms with E-state index in [0.717, 1.165) is 46.8 Å². The van der Waals surface area contributed by atoms with Gasteiger partial charge in [0.15, 0.2) is 0 Å². The number of phenols is 1. The maximum atomic E-state index is 14.7. The van der Waals surface area contributed by atoms with E-state index in [1.165, 1.54) is 93.9 Å². The summed E-state index contributed by atoms with van der Waals surface area (Å²) in [7, 11) is 6.55. The molecule has 0 aliphatic carbocycles. The topological polar surface area (TPSA) is 367 Å². The van der Waals surface area contributed by atoms with Crippen molar-refractivity contribution in [2.75, 3.05) is 155 Å². The molecule has 1 saturated heterocycles. The number of nitrogens with one attached hydrogen (secondary N) is 3. The van der Waals surface area contributed by atoms with Crippen LogP contribution in [0.15, 0.2) is 146 Å². The molecule has 5 aromatic carbocycles. The van der Waals surface area contributed by atoms with E-state index in [1.54, 1.807) is 103 Å². The first-order chi connectivity index (χ1) is 56.2. The summed E-state index contributed by atoms with van der Waals surface area (Å²) in [6, 6.07) is 27.7. The van der Waals surface area contributed by atoms with Crippen LogP contribution in [0.2, 0.25) is 0 Å². The number of anilines is 3. The van der Waals surface area contributed by atoms with Crippen LogP contribution < -0.4 is 30.3 Å². The van der Waals surface area contributed by atoms with Crippen molar-refractivity contribution in [2.24, 2.45) is 5.92 Å². The number of ether oxygens (including phenoxy) is 9. The number of benzene rings is 5. The fourth-order valence-electron chi connectivity index (χ4n) is 12.7. The van der Waals surface area contributed by atoms with E-state index in [2.05, 4.69) is 27.5 Å². The molecule has 0 spiro atoms. The number of imide groups is 1. The van der Waals surface area contributed by atoms with Crippen LogP contribution in [-0.2, 0) is 65.5 Å². The Balaban J connectivity index is 0.00000301. The summed E-state index contributed by atoms with van der Waals surface area (Å²) in [5.74, 6) is -2.53. The summed E-state index contributed by atoms with van der Waals surface area (Å²) in [5, 5.41) is 19.3. The number of carbonyl (C=O) groups excluding carboxylic acids is 11. The van der Waals surface area contributed by atoms with Gasteiger partial charge in [-0.25, -0.2) is 29.0 Å². The number of pyridine rings is 1. The minimum absolute atomic E-state index is 0.0114. The summed E-state index contributed by atoms with van der Waals surface area (Å²) in [4.78, 5) is 159. The number of hydrogen-bond acceptors (Lipinski definition) is 23. The van der Waals surface area contributed by atoms with Crippen LogP contribution in [0.4, 0.5) is 41.0 Å². The minimum atomic E-state index is -0.912. The molecule has 624 valence electrons. The average molecular weight is 1640 g/mol. The number of halogens is 1. The molecule has 33 nitrogen and oxygen atoms in total. The molecular weight excluding hydrogens is 1540 g/mol. The molecule has 0 saturated carbocycles. The van der Waals surface area contributed by atoms with E-state index in [-0.39, 0.29) is 152 Å². The van der Waals surface area contributed by atoms with Crippen molar-refractivity contribution in [2.45, 2.75) is 71.8 Å². The Hall–Kier alpha value is -12.2. The minimum Gasteiger partial charge on any atom is -0.508 e. The third-order valence-corrected chi connectivity index (χ3v) is 19.3. The molecule has 10 amide bonds. The highest BCUT2D eigenvalue weighted by atomic mass is 35.5. The standard InChI is InChI=1S/C79H91ClN12O20.C4H8O/c1-10-37-107-79(104)108-42-41-106-39-35-88(32-30-86(8)75(100)109-48-53-14-20-57(21-15-53)82-71(96)52(5)81-73(98)70(50(2)3)85(6)7)77(102)111-60-25-16-54(17-26-60)49-110-76(101)87(9)31-33-89(34-38-105-40-36-91-66(94)28-29-67(91)95)78(103)112-64-43-63-69(68-51(4)12-11-13-61(64)68)56(44-80)45-92(63)74(99)62-47-90-46-58(22-27-65(90)84-62)83-72(97)55-18-23-59(93)24-19-55;1-2-4-5-3-1/h10-29,43,46-47,50,52,56,70,93H,1,30-42,44-45,48-49H2,2-9H3,(H,81,98)(H,82,96)(H,83,97);1-4H2/t52-,56+,70-;/m0./s1. The molecule has 1 fully saturated rings. The first-order valence-electron chi connectivity index (χ1n) is 38.1. The molecule has 0 radical (unpaired) electrons. The van der Waals surface area contributed by atoms with Crippen LogP contribution in [0.1, 0.15) is 82.6 Å². The van der Waals surface area contributed by atoms with Crippen molar-refractivity contribution < 1.29 is 100 Å². The van der Waals surface area contributed by atoms with Gasteiger partial charge in [-0.3, -0.25) is 38.6 Å². The number of hydrogen-bond donors (Lipinski definition) is 4. The van der Waals surface area contributed by atoms with Gasteiger partial charge in [-0.2, -0.15) is 0 Å². The van der Waals surface area contributed by atoms with E-state index in [4.69, 9.17) is 54.2 Å². The molecule has 3 aliphatic heterocycles. The lowest BCUT2D eigenvalue weighted by Crippen LogP contribution is -2.51. The van der Waals surface area contributed by atoms with Gasteiger partial charge in [-0.1, -0.05) is 69.0 Å². The van der Waals surface area contributed by atoms with Gasteiger partial charge in [0.2, 0.25) is 11.8 Å². The highest BCUT2D eigenvalue weighted by Crippen LogP contribution is 2.47. The van der Waals surface area contributed by atoms with Crippen LogP contribution >= 0.6 is 11.6 Å². The van der Waals surface area contributed by atoms with Gasteiger partial charge in [0, 0.05) is 132 Å². The lowest BCUT2D eigenvalue weighted by atomic mass is 9.92. The fourth-order valence-corrected chi connectivity index (χ4v) is 12.9. The molecule has 117 heavy (non-hydrogen) atoms. The molecule has 3 atom stereocenters. The second-order valence-electron chi connectivity index (χ2n) is 28.2. The molecule has 0 bridgehead atoms. The van der Waals surface area contributed by atoms with Crippen LogP contribution in [0.3, 0.4) is 0 Å². The van der Waals surface area contributed by atoms with Crippen molar-refractivity contribution in [1.82, 2.24) is 44.1 Å². The number of nitrogens with zero attached hydrogens (tertiary/aromatic N) is 9. The van der Waals surface area contributed by atoms with Crippen LogP contribution in [0.25, 0.3) is 16.4 Å². The Morgan fingerprint density at radius 1 is 0.667 bits per heavy atom. The van der Waals surface area contributed by atoms with E-state index >= 15 is 0 Å². The number of imidazole rings is 1. The SMILES string of the molecule is C1CCOC1.C=CCOC(=O)OCCOCCN(CCN(C)C(=O)OCc1ccc(NC(=O)[C@H](C)NC(=O)[C@H](C(C)C)N(C)C)cc1)C(=O)Oc1ccc(COC(=O)N(C)CCN(CCOCCN2C(=O)C=CC2=O)C(=O)Oc2cc3c(c4c(C)cccc24)[C@H](CCl)CN3C(=O)c2cn3cc(NC(=O)c4ccc(O)cc4)ccc3n2)cc1. The molecule has 4 N–H and O–H groups in total. The lowest BCUT2D eigenvalue weighted by molar-refractivity contribution is -0.137. The van der Waals surface area contributed by atoms with Crippen LogP contribution in [0.5, 0.6) is 17.2 Å². The summed E-state index contributed by atoms with van der Waals surface area (Å²) in [6.07, 6.45) is 5.36. The molecule has 10 rings (SSSR count). The summed E-state index contributed by atoms with van der Waals surface area (Å²) >= 11 is 6.69. The van der Waals surface area contributed by atoms with Gasteiger partial charge in [-0.15, -0.1) is 11.6 Å². The Labute approximate surface area is 682 Å². The molecule has 5 heterocycles. The summed E-state index contributed by atoms with van der Waals surface area (Å²) in [6.45, 7) is 11.8. The zero-order valence-corrected chi connectivity index (χ0v) is 67.4.